The van der Waals surface area contributed by atoms with Crippen molar-refractivity contribution in [3.8, 4) is 17.2 Å². The highest BCUT2D eigenvalue weighted by Gasteiger charge is 2.27. The molecular weight excluding hydrogens is 296 g/mol. The third kappa shape index (κ3) is 3.52. The molecule has 0 saturated carbocycles. The summed E-state index contributed by atoms with van der Waals surface area (Å²) >= 11 is 0. The van der Waals surface area contributed by atoms with E-state index in [1.807, 2.05) is 4.90 Å². The van der Waals surface area contributed by atoms with Gasteiger partial charge in [0.1, 0.15) is 0 Å². The Morgan fingerprint density at radius 3 is 2.04 bits per heavy atom. The maximum absolute atomic E-state index is 12.9. The number of rotatable bonds is 5. The first-order valence-corrected chi connectivity index (χ1v) is 7.85. The highest BCUT2D eigenvalue weighted by Crippen LogP contribution is 2.40. The zero-order valence-corrected chi connectivity index (χ0v) is 14.6. The van der Waals surface area contributed by atoms with E-state index < -0.39 is 0 Å². The minimum atomic E-state index is -0.0359. The van der Waals surface area contributed by atoms with Crippen LogP contribution in [0.3, 0.4) is 0 Å². The largest absolute Gasteiger partial charge is 0.493 e. The predicted octanol–water partition coefficient (Wildman–Crippen LogP) is 1.88. The number of benzene rings is 1. The minimum Gasteiger partial charge on any atom is -0.493 e. The molecule has 0 aliphatic carbocycles. The van der Waals surface area contributed by atoms with Crippen molar-refractivity contribution in [3.63, 3.8) is 0 Å². The van der Waals surface area contributed by atoms with Crippen LogP contribution in [-0.4, -0.2) is 69.3 Å². The van der Waals surface area contributed by atoms with Gasteiger partial charge in [-0.2, -0.15) is 0 Å². The lowest BCUT2D eigenvalue weighted by Gasteiger charge is -2.37. The van der Waals surface area contributed by atoms with Gasteiger partial charge < -0.3 is 19.1 Å². The van der Waals surface area contributed by atoms with E-state index in [1.165, 1.54) is 14.2 Å². The topological polar surface area (TPSA) is 51.2 Å². The van der Waals surface area contributed by atoms with Crippen LogP contribution in [0.4, 0.5) is 0 Å². The smallest absolute Gasteiger partial charge is 0.257 e. The Bertz CT molecular complexity index is 552. The van der Waals surface area contributed by atoms with E-state index in [-0.39, 0.29) is 5.91 Å². The van der Waals surface area contributed by atoms with Crippen molar-refractivity contribution in [1.82, 2.24) is 9.80 Å². The molecule has 0 unspecified atom stereocenters. The van der Waals surface area contributed by atoms with Gasteiger partial charge in [0.25, 0.3) is 5.91 Å². The molecular formula is C17H26N2O4. The number of ether oxygens (including phenoxy) is 3. The fourth-order valence-corrected chi connectivity index (χ4v) is 2.88. The standard InChI is InChI=1S/C17H26N2O4/c1-12(2)18-8-10-19(11-9-18)17(20)13-6-7-14(21-3)16(23-5)15(13)22-4/h6-7,12H,8-11H2,1-5H3. The summed E-state index contributed by atoms with van der Waals surface area (Å²) in [5.74, 6) is 1.38. The van der Waals surface area contributed by atoms with E-state index >= 15 is 0 Å². The third-order valence-electron chi connectivity index (χ3n) is 4.27. The number of hydrogen-bond donors (Lipinski definition) is 0. The van der Waals surface area contributed by atoms with Gasteiger partial charge in [0, 0.05) is 32.2 Å². The van der Waals surface area contributed by atoms with Gasteiger partial charge in [0.05, 0.1) is 26.9 Å². The van der Waals surface area contributed by atoms with E-state index in [1.54, 1.807) is 19.2 Å². The van der Waals surface area contributed by atoms with Crippen LogP contribution < -0.4 is 14.2 Å². The second kappa shape index (κ2) is 7.55. The molecule has 1 heterocycles. The van der Waals surface area contributed by atoms with Crippen LogP contribution in [-0.2, 0) is 0 Å². The zero-order chi connectivity index (χ0) is 17.0. The lowest BCUT2D eigenvalue weighted by Crippen LogP contribution is -2.50. The molecule has 1 aliphatic rings. The zero-order valence-electron chi connectivity index (χ0n) is 14.6. The molecule has 0 aromatic heterocycles. The molecule has 0 bridgehead atoms. The molecule has 1 aromatic rings. The Morgan fingerprint density at radius 2 is 1.57 bits per heavy atom. The molecule has 1 saturated heterocycles. The van der Waals surface area contributed by atoms with Gasteiger partial charge in [0.2, 0.25) is 5.75 Å². The number of carbonyl (C=O) groups excluding carboxylic acids is 1. The van der Waals surface area contributed by atoms with E-state index in [4.69, 9.17) is 14.2 Å². The van der Waals surface area contributed by atoms with Gasteiger partial charge in [-0.05, 0) is 26.0 Å². The normalized spacial score (nSPS) is 15.7. The molecule has 0 radical (unpaired) electrons. The van der Waals surface area contributed by atoms with Crippen molar-refractivity contribution in [2.24, 2.45) is 0 Å². The van der Waals surface area contributed by atoms with Crippen LogP contribution >= 0.6 is 0 Å². The summed E-state index contributed by atoms with van der Waals surface area (Å²) in [7, 11) is 4.63. The highest BCUT2D eigenvalue weighted by molar-refractivity contribution is 5.98. The SMILES string of the molecule is COc1ccc(C(=O)N2CCN(C(C)C)CC2)c(OC)c1OC. The number of amides is 1. The number of methoxy groups -OCH3 is 3. The Hall–Kier alpha value is -1.95. The quantitative estimate of drug-likeness (QED) is 0.828. The summed E-state index contributed by atoms with van der Waals surface area (Å²) in [6.45, 7) is 7.56. The fourth-order valence-electron chi connectivity index (χ4n) is 2.88. The molecule has 1 amide bonds. The number of hydrogen-bond acceptors (Lipinski definition) is 5. The Kier molecular flexibility index (Phi) is 5.71. The molecule has 0 spiro atoms. The van der Waals surface area contributed by atoms with Crippen LogP contribution in [0.2, 0.25) is 0 Å². The van der Waals surface area contributed by atoms with Crippen molar-refractivity contribution in [2.75, 3.05) is 47.5 Å². The number of piperazine rings is 1. The second-order valence-electron chi connectivity index (χ2n) is 5.80. The summed E-state index contributed by atoms with van der Waals surface area (Å²) in [6.07, 6.45) is 0. The Balaban J connectivity index is 2.23. The third-order valence-corrected chi connectivity index (χ3v) is 4.27. The van der Waals surface area contributed by atoms with Gasteiger partial charge in [-0.1, -0.05) is 0 Å². The Morgan fingerprint density at radius 1 is 0.957 bits per heavy atom. The van der Waals surface area contributed by atoms with Gasteiger partial charge in [-0.3, -0.25) is 9.69 Å². The van der Waals surface area contributed by atoms with Gasteiger partial charge >= 0.3 is 0 Å². The van der Waals surface area contributed by atoms with Crippen LogP contribution in [0.15, 0.2) is 12.1 Å². The average Bonchev–Trinajstić information content (AvgIpc) is 2.59. The highest BCUT2D eigenvalue weighted by atomic mass is 16.5. The van der Waals surface area contributed by atoms with Gasteiger partial charge in [0.15, 0.2) is 11.5 Å². The molecule has 23 heavy (non-hydrogen) atoms. The molecule has 0 atom stereocenters. The number of nitrogens with zero attached hydrogens (tertiary/aromatic N) is 2. The van der Waals surface area contributed by atoms with Crippen LogP contribution in [0.5, 0.6) is 17.2 Å². The summed E-state index contributed by atoms with van der Waals surface area (Å²) in [6, 6.07) is 3.97. The molecule has 6 heteroatoms. The molecule has 2 rings (SSSR count). The molecule has 1 fully saturated rings. The maximum atomic E-state index is 12.9. The lowest BCUT2D eigenvalue weighted by molar-refractivity contribution is 0.0592. The first-order valence-electron chi connectivity index (χ1n) is 7.85. The summed E-state index contributed by atoms with van der Waals surface area (Å²) in [4.78, 5) is 17.1. The Labute approximate surface area is 137 Å². The molecule has 1 aliphatic heterocycles. The van der Waals surface area contributed by atoms with Crippen molar-refractivity contribution in [2.45, 2.75) is 19.9 Å². The van der Waals surface area contributed by atoms with Crippen molar-refractivity contribution >= 4 is 5.91 Å². The van der Waals surface area contributed by atoms with Crippen LogP contribution in [0.1, 0.15) is 24.2 Å². The summed E-state index contributed by atoms with van der Waals surface area (Å²) < 4.78 is 16.0. The lowest BCUT2D eigenvalue weighted by atomic mass is 10.1. The molecule has 6 nitrogen and oxygen atoms in total. The monoisotopic (exact) mass is 322 g/mol. The first-order chi connectivity index (χ1) is 11.0. The van der Waals surface area contributed by atoms with E-state index in [9.17, 15) is 4.79 Å². The average molecular weight is 322 g/mol. The first kappa shape index (κ1) is 17.4. The fraction of sp³-hybridized carbons (Fsp3) is 0.588. The second-order valence-corrected chi connectivity index (χ2v) is 5.80. The van der Waals surface area contributed by atoms with Crippen molar-refractivity contribution in [1.29, 1.82) is 0 Å². The summed E-state index contributed by atoms with van der Waals surface area (Å²) in [5, 5.41) is 0. The van der Waals surface area contributed by atoms with Crippen LogP contribution in [0.25, 0.3) is 0 Å². The van der Waals surface area contributed by atoms with Crippen molar-refractivity contribution < 1.29 is 19.0 Å². The van der Waals surface area contributed by atoms with E-state index in [2.05, 4.69) is 18.7 Å². The molecule has 128 valence electrons. The predicted molar refractivity (Wildman–Crippen MR) is 88.7 cm³/mol. The minimum absolute atomic E-state index is 0.0359. The number of carbonyl (C=O) groups is 1. The van der Waals surface area contributed by atoms with E-state index in [0.717, 1.165) is 13.1 Å². The summed E-state index contributed by atoms with van der Waals surface area (Å²) in [5.41, 5.74) is 0.503. The van der Waals surface area contributed by atoms with Crippen molar-refractivity contribution in [3.05, 3.63) is 17.7 Å². The van der Waals surface area contributed by atoms with Gasteiger partial charge in [-0.15, -0.1) is 0 Å². The molecule has 1 aromatic carbocycles. The van der Waals surface area contributed by atoms with Crippen LogP contribution in [0, 0.1) is 0 Å². The van der Waals surface area contributed by atoms with Gasteiger partial charge in [-0.25, -0.2) is 0 Å². The van der Waals surface area contributed by atoms with E-state index in [0.29, 0.717) is 41.9 Å². The maximum Gasteiger partial charge on any atom is 0.257 e. The molecule has 0 N–H and O–H groups in total.